The van der Waals surface area contributed by atoms with Gasteiger partial charge >= 0.3 is 0 Å². The third kappa shape index (κ3) is 5.29. The van der Waals surface area contributed by atoms with Crippen LogP contribution in [0.25, 0.3) is 6.08 Å². The standard InChI is InChI=1S/C26H28N4O/c1-18(2)17-30-19(3)14-22(20(30)4)15-23(16-27)26(31)29-25(21-10-6-5-7-11-21)24-12-8-9-13-28-24/h5-15,18,25H,17H2,1-4H3,(H,29,31)/b23-15+. The summed E-state index contributed by atoms with van der Waals surface area (Å²) in [7, 11) is 0. The van der Waals surface area contributed by atoms with Crippen molar-refractivity contribution >= 4 is 12.0 Å². The largest absolute Gasteiger partial charge is 0.348 e. The van der Waals surface area contributed by atoms with Crippen molar-refractivity contribution < 1.29 is 4.79 Å². The molecule has 0 aliphatic heterocycles. The summed E-state index contributed by atoms with van der Waals surface area (Å²) >= 11 is 0. The van der Waals surface area contributed by atoms with Gasteiger partial charge in [-0.1, -0.05) is 50.2 Å². The lowest BCUT2D eigenvalue weighted by Gasteiger charge is -2.18. The average molecular weight is 413 g/mol. The number of amides is 1. The monoisotopic (exact) mass is 412 g/mol. The molecule has 3 rings (SSSR count). The molecule has 0 fully saturated rings. The lowest BCUT2D eigenvalue weighted by molar-refractivity contribution is -0.117. The number of nitriles is 1. The molecule has 3 aromatic rings. The quantitative estimate of drug-likeness (QED) is 0.440. The summed E-state index contributed by atoms with van der Waals surface area (Å²) in [6.45, 7) is 9.31. The summed E-state index contributed by atoms with van der Waals surface area (Å²) in [5, 5.41) is 12.7. The molecule has 0 aliphatic carbocycles. The Morgan fingerprint density at radius 1 is 1.16 bits per heavy atom. The Morgan fingerprint density at radius 3 is 2.48 bits per heavy atom. The number of aryl methyl sites for hydroxylation is 1. The number of carbonyl (C=O) groups is 1. The summed E-state index contributed by atoms with van der Waals surface area (Å²) in [5.41, 5.74) is 4.75. The summed E-state index contributed by atoms with van der Waals surface area (Å²) < 4.78 is 2.23. The molecule has 1 aromatic carbocycles. The molecule has 1 amide bonds. The molecular weight excluding hydrogens is 384 g/mol. The Kier molecular flexibility index (Phi) is 7.04. The fourth-order valence-electron chi connectivity index (χ4n) is 3.65. The minimum atomic E-state index is -0.444. The summed E-state index contributed by atoms with van der Waals surface area (Å²) in [5.74, 6) is 0.0843. The van der Waals surface area contributed by atoms with Gasteiger partial charge in [0.2, 0.25) is 0 Å². The minimum absolute atomic E-state index is 0.0710. The highest BCUT2D eigenvalue weighted by molar-refractivity contribution is 6.02. The number of nitrogens with one attached hydrogen (secondary N) is 1. The van der Waals surface area contributed by atoms with Crippen molar-refractivity contribution in [1.82, 2.24) is 14.9 Å². The first kappa shape index (κ1) is 22.0. The number of aromatic nitrogens is 2. The molecule has 158 valence electrons. The molecule has 1 atom stereocenters. The third-order valence-corrected chi connectivity index (χ3v) is 5.22. The Labute approximate surface area is 184 Å². The van der Waals surface area contributed by atoms with E-state index in [0.29, 0.717) is 5.92 Å². The maximum absolute atomic E-state index is 13.1. The van der Waals surface area contributed by atoms with Crippen LogP contribution in [0.3, 0.4) is 0 Å². The van der Waals surface area contributed by atoms with E-state index in [0.717, 1.165) is 34.8 Å². The highest BCUT2D eigenvalue weighted by atomic mass is 16.1. The van der Waals surface area contributed by atoms with Crippen LogP contribution in [0.1, 0.15) is 48.1 Å². The van der Waals surface area contributed by atoms with Gasteiger partial charge in [0.25, 0.3) is 5.91 Å². The molecule has 5 heteroatoms. The zero-order chi connectivity index (χ0) is 22.4. The number of hydrogen-bond donors (Lipinski definition) is 1. The van der Waals surface area contributed by atoms with Gasteiger partial charge in [0, 0.05) is 24.1 Å². The second kappa shape index (κ2) is 9.90. The van der Waals surface area contributed by atoms with Gasteiger partial charge in [0.1, 0.15) is 11.6 Å². The SMILES string of the molecule is Cc1cc(/C=C(\C#N)C(=O)NC(c2ccccc2)c2ccccn2)c(C)n1CC(C)C. The van der Waals surface area contributed by atoms with Crippen LogP contribution in [-0.2, 0) is 11.3 Å². The molecule has 0 radical (unpaired) electrons. The smallest absolute Gasteiger partial charge is 0.262 e. The average Bonchev–Trinajstić information content (AvgIpc) is 3.03. The molecule has 0 saturated heterocycles. The lowest BCUT2D eigenvalue weighted by atomic mass is 10.0. The Bertz CT molecular complexity index is 1070. The number of carbonyl (C=O) groups excluding carboxylic acids is 1. The van der Waals surface area contributed by atoms with Gasteiger partial charge in [-0.3, -0.25) is 9.78 Å². The Hall–Kier alpha value is -3.65. The molecule has 0 saturated carbocycles. The van der Waals surface area contributed by atoms with Gasteiger partial charge in [-0.05, 0) is 55.2 Å². The molecule has 5 nitrogen and oxygen atoms in total. The van der Waals surface area contributed by atoms with E-state index in [9.17, 15) is 10.1 Å². The second-order valence-electron chi connectivity index (χ2n) is 8.07. The van der Waals surface area contributed by atoms with Gasteiger partial charge < -0.3 is 9.88 Å². The molecule has 0 spiro atoms. The van der Waals surface area contributed by atoms with Gasteiger partial charge in [-0.25, -0.2) is 0 Å². The number of nitrogens with zero attached hydrogens (tertiary/aromatic N) is 3. The zero-order valence-electron chi connectivity index (χ0n) is 18.5. The number of benzene rings is 1. The number of pyridine rings is 1. The lowest BCUT2D eigenvalue weighted by Crippen LogP contribution is -2.30. The molecule has 0 bridgehead atoms. The van der Waals surface area contributed by atoms with E-state index < -0.39 is 11.9 Å². The maximum Gasteiger partial charge on any atom is 0.262 e. The van der Waals surface area contributed by atoms with Crippen LogP contribution in [0.5, 0.6) is 0 Å². The molecule has 2 aromatic heterocycles. The van der Waals surface area contributed by atoms with Crippen molar-refractivity contribution in [3.05, 3.63) is 94.6 Å². The zero-order valence-corrected chi connectivity index (χ0v) is 18.5. The van der Waals surface area contributed by atoms with Crippen LogP contribution in [0.2, 0.25) is 0 Å². The minimum Gasteiger partial charge on any atom is -0.348 e. The highest BCUT2D eigenvalue weighted by Crippen LogP contribution is 2.22. The van der Waals surface area contributed by atoms with Crippen LogP contribution in [0.15, 0.2) is 66.4 Å². The van der Waals surface area contributed by atoms with E-state index >= 15 is 0 Å². The summed E-state index contributed by atoms with van der Waals surface area (Å²) in [4.78, 5) is 17.5. The van der Waals surface area contributed by atoms with Crippen molar-refractivity contribution in [2.45, 2.75) is 40.3 Å². The van der Waals surface area contributed by atoms with E-state index in [1.807, 2.05) is 68.4 Å². The molecule has 31 heavy (non-hydrogen) atoms. The predicted octanol–water partition coefficient (Wildman–Crippen LogP) is 4.97. The summed E-state index contributed by atoms with van der Waals surface area (Å²) in [6.07, 6.45) is 3.37. The van der Waals surface area contributed by atoms with Gasteiger partial charge in [-0.2, -0.15) is 5.26 Å². The van der Waals surface area contributed by atoms with Crippen molar-refractivity contribution in [3.8, 4) is 6.07 Å². The molecule has 0 aliphatic rings. The normalized spacial score (nSPS) is 12.5. The molecule has 1 unspecified atom stereocenters. The van der Waals surface area contributed by atoms with Crippen molar-refractivity contribution in [2.24, 2.45) is 5.92 Å². The second-order valence-corrected chi connectivity index (χ2v) is 8.07. The van der Waals surface area contributed by atoms with Crippen LogP contribution < -0.4 is 5.32 Å². The van der Waals surface area contributed by atoms with Crippen LogP contribution in [0.4, 0.5) is 0 Å². The van der Waals surface area contributed by atoms with Crippen molar-refractivity contribution in [3.63, 3.8) is 0 Å². The number of rotatable bonds is 7. The molecular formula is C26H28N4O. The Balaban J connectivity index is 1.92. The Morgan fingerprint density at radius 2 is 1.87 bits per heavy atom. The highest BCUT2D eigenvalue weighted by Gasteiger charge is 2.21. The van der Waals surface area contributed by atoms with E-state index in [4.69, 9.17) is 0 Å². The first-order valence-corrected chi connectivity index (χ1v) is 10.5. The fraction of sp³-hybridized carbons (Fsp3) is 0.269. The van der Waals surface area contributed by atoms with Gasteiger partial charge in [-0.15, -0.1) is 0 Å². The van der Waals surface area contributed by atoms with Crippen LogP contribution in [-0.4, -0.2) is 15.5 Å². The first-order valence-electron chi connectivity index (χ1n) is 10.5. The van der Waals surface area contributed by atoms with E-state index in [1.165, 1.54) is 0 Å². The molecule has 2 heterocycles. The third-order valence-electron chi connectivity index (χ3n) is 5.22. The predicted molar refractivity (Wildman–Crippen MR) is 123 cm³/mol. The first-order chi connectivity index (χ1) is 14.9. The van der Waals surface area contributed by atoms with Gasteiger partial charge in [0.05, 0.1) is 11.7 Å². The fourth-order valence-corrected chi connectivity index (χ4v) is 3.65. The van der Waals surface area contributed by atoms with E-state index in [-0.39, 0.29) is 5.57 Å². The van der Waals surface area contributed by atoms with Crippen LogP contribution in [0, 0.1) is 31.1 Å². The van der Waals surface area contributed by atoms with E-state index in [1.54, 1.807) is 12.3 Å². The van der Waals surface area contributed by atoms with Crippen LogP contribution >= 0.6 is 0 Å². The molecule has 1 N–H and O–H groups in total. The van der Waals surface area contributed by atoms with E-state index in [2.05, 4.69) is 34.8 Å². The summed E-state index contributed by atoms with van der Waals surface area (Å²) in [6, 6.07) is 18.9. The van der Waals surface area contributed by atoms with Crippen molar-refractivity contribution in [2.75, 3.05) is 0 Å². The maximum atomic E-state index is 13.1. The number of hydrogen-bond acceptors (Lipinski definition) is 3. The van der Waals surface area contributed by atoms with Crippen molar-refractivity contribution in [1.29, 1.82) is 5.26 Å². The van der Waals surface area contributed by atoms with Gasteiger partial charge in [0.15, 0.2) is 0 Å². The topological polar surface area (TPSA) is 70.7 Å².